The summed E-state index contributed by atoms with van der Waals surface area (Å²) in [5.41, 5.74) is -0.747. The Morgan fingerprint density at radius 3 is 2.27 bits per heavy atom. The number of carbonyl (C=O) groups excluding carboxylic acids is 3. The molecule has 0 aliphatic carbocycles. The molecule has 148 valence electrons. The Kier molecular flexibility index (Phi) is 7.68. The number of esters is 2. The fraction of sp³-hybridized carbons (Fsp3) is 0.750. The van der Waals surface area contributed by atoms with Crippen LogP contribution < -0.4 is 5.32 Å². The quantitative estimate of drug-likeness (QED) is 0.545. The maximum absolute atomic E-state index is 12.2. The van der Waals surface area contributed by atoms with Gasteiger partial charge in [-0.3, -0.25) is 4.79 Å². The Morgan fingerprint density at radius 2 is 1.81 bits per heavy atom. The maximum atomic E-state index is 12.2. The molecule has 0 aromatic heterocycles. The minimum Gasteiger partial charge on any atom is -0.461 e. The summed E-state index contributed by atoms with van der Waals surface area (Å²) < 4.78 is 15.1. The van der Waals surface area contributed by atoms with Crippen molar-refractivity contribution in [3.8, 4) is 0 Å². The Labute approximate surface area is 157 Å². The van der Waals surface area contributed by atoms with Crippen molar-refractivity contribution in [2.45, 2.75) is 72.5 Å². The number of carbonyl (C=O) groups is 3. The number of nitrogens with zero attached hydrogens (tertiary/aromatic N) is 1. The van der Waals surface area contributed by atoms with Crippen LogP contribution in [0, 0.1) is 5.41 Å². The van der Waals surface area contributed by atoms with E-state index in [9.17, 15) is 14.4 Å². The molecule has 3 atom stereocenters. The summed E-state index contributed by atoms with van der Waals surface area (Å²) in [6.45, 7) is 9.72. The van der Waals surface area contributed by atoms with E-state index in [4.69, 9.17) is 30.6 Å². The molecule has 1 aliphatic rings. The number of hydrogen-bond acceptors (Lipinski definition) is 8. The number of oxime groups is 1. The van der Waals surface area contributed by atoms with E-state index in [2.05, 4.69) is 10.5 Å². The Morgan fingerprint density at radius 1 is 1.19 bits per heavy atom. The van der Waals surface area contributed by atoms with Crippen molar-refractivity contribution in [2.75, 3.05) is 0 Å². The van der Waals surface area contributed by atoms with Gasteiger partial charge in [-0.05, 0) is 34.6 Å². The lowest BCUT2D eigenvalue weighted by molar-refractivity contribution is -0.175. The third-order valence-electron chi connectivity index (χ3n) is 3.07. The summed E-state index contributed by atoms with van der Waals surface area (Å²) in [7, 11) is 0. The highest BCUT2D eigenvalue weighted by Gasteiger charge is 2.38. The van der Waals surface area contributed by atoms with Crippen LogP contribution in [0.5, 0.6) is 0 Å². The molecule has 1 aliphatic heterocycles. The van der Waals surface area contributed by atoms with Crippen LogP contribution in [0.15, 0.2) is 5.16 Å². The minimum atomic E-state index is -1.18. The molecule has 1 unspecified atom stereocenters. The molecule has 9 nitrogen and oxygen atoms in total. The summed E-state index contributed by atoms with van der Waals surface area (Å²) >= 11 is 5.75. The van der Waals surface area contributed by atoms with E-state index < -0.39 is 48.0 Å². The molecule has 0 fully saturated rings. The van der Waals surface area contributed by atoms with Crippen LogP contribution in [0.25, 0.3) is 0 Å². The first-order chi connectivity index (χ1) is 11.9. The lowest BCUT2D eigenvalue weighted by atomic mass is 9.97. The second-order valence-corrected chi connectivity index (χ2v) is 7.49. The van der Waals surface area contributed by atoms with Crippen molar-refractivity contribution in [3.63, 3.8) is 0 Å². The van der Waals surface area contributed by atoms with E-state index in [1.165, 1.54) is 6.92 Å². The highest BCUT2D eigenvalue weighted by atomic mass is 35.5. The molecule has 1 N–H and O–H groups in total. The molecule has 0 saturated heterocycles. The summed E-state index contributed by atoms with van der Waals surface area (Å²) in [4.78, 5) is 41.1. The molecule has 1 amide bonds. The molecule has 0 aromatic carbocycles. The summed E-state index contributed by atoms with van der Waals surface area (Å²) in [6.07, 6.45) is -3.21. The highest BCUT2D eigenvalue weighted by Crippen LogP contribution is 2.19. The number of ether oxygens (including phenoxy) is 3. The molecule has 26 heavy (non-hydrogen) atoms. The smallest absolute Gasteiger partial charge is 0.411 e. The van der Waals surface area contributed by atoms with Crippen LogP contribution in [0.1, 0.15) is 48.0 Å². The number of rotatable bonds is 6. The third-order valence-corrected chi connectivity index (χ3v) is 3.29. The van der Waals surface area contributed by atoms with E-state index >= 15 is 0 Å². The van der Waals surface area contributed by atoms with Crippen LogP contribution in [0.2, 0.25) is 0 Å². The first-order valence-electron chi connectivity index (χ1n) is 8.17. The molecule has 0 aromatic rings. The van der Waals surface area contributed by atoms with Gasteiger partial charge < -0.3 is 24.4 Å². The molecule has 0 bridgehead atoms. The van der Waals surface area contributed by atoms with Gasteiger partial charge in [-0.1, -0.05) is 16.8 Å². The van der Waals surface area contributed by atoms with E-state index in [1.54, 1.807) is 34.6 Å². The first kappa shape index (κ1) is 22.0. The van der Waals surface area contributed by atoms with E-state index in [0.717, 1.165) is 0 Å². The van der Waals surface area contributed by atoms with Crippen molar-refractivity contribution in [2.24, 2.45) is 10.6 Å². The van der Waals surface area contributed by atoms with E-state index in [1.807, 2.05) is 0 Å². The third kappa shape index (κ3) is 7.07. The number of alkyl carbamates (subject to hydrolysis) is 1. The number of amides is 1. The second-order valence-electron chi connectivity index (χ2n) is 7.05. The van der Waals surface area contributed by atoms with Gasteiger partial charge in [0.15, 0.2) is 12.1 Å². The van der Waals surface area contributed by atoms with Gasteiger partial charge in [0.05, 0.1) is 11.5 Å². The average molecular weight is 393 g/mol. The molecule has 0 saturated carbocycles. The maximum Gasteiger partial charge on any atom is 0.411 e. The topological polar surface area (TPSA) is 113 Å². The van der Waals surface area contributed by atoms with Crippen molar-refractivity contribution >= 4 is 34.8 Å². The lowest BCUT2D eigenvalue weighted by Crippen LogP contribution is -2.51. The SMILES string of the molecule is CC(C)OC(=O)[C@@H](NC(=O)OC(C)OC(=O)C(C)(C)C)[C@@H]1CC(Cl)=NO1. The van der Waals surface area contributed by atoms with E-state index in [-0.39, 0.29) is 11.6 Å². The molecule has 0 spiro atoms. The standard InChI is InChI=1S/C16H25ClN2O7/c1-8(2)23-13(20)12(10-7-11(17)19-26-10)18-15(22)25-9(3)24-14(21)16(4,5)6/h8-10,12H,7H2,1-6H3,(H,18,22)/t9?,10-,12-/m0/s1. The normalized spacial score (nSPS) is 19.1. The predicted molar refractivity (Wildman–Crippen MR) is 92.4 cm³/mol. The van der Waals surface area contributed by atoms with Crippen LogP contribution in [-0.2, 0) is 28.6 Å². The highest BCUT2D eigenvalue weighted by molar-refractivity contribution is 6.65. The Bertz CT molecular complexity index is 571. The first-order valence-corrected chi connectivity index (χ1v) is 8.55. The predicted octanol–water partition coefficient (Wildman–Crippen LogP) is 2.31. The molecule has 0 radical (unpaired) electrons. The van der Waals surface area contributed by atoms with Crippen molar-refractivity contribution in [1.82, 2.24) is 5.32 Å². The number of nitrogens with one attached hydrogen (secondary N) is 1. The minimum absolute atomic E-state index is 0.133. The zero-order chi connectivity index (χ0) is 20.1. The van der Waals surface area contributed by atoms with Crippen molar-refractivity contribution < 1.29 is 33.4 Å². The van der Waals surface area contributed by atoms with Gasteiger partial charge in [0.25, 0.3) is 0 Å². The van der Waals surface area contributed by atoms with E-state index in [0.29, 0.717) is 0 Å². The fourth-order valence-electron chi connectivity index (χ4n) is 1.82. The summed E-state index contributed by atoms with van der Waals surface area (Å²) in [5.74, 6) is -1.25. The molecule has 1 heterocycles. The van der Waals surface area contributed by atoms with Gasteiger partial charge in [-0.25, -0.2) is 9.59 Å². The van der Waals surface area contributed by atoms with Gasteiger partial charge >= 0.3 is 18.0 Å². The Balaban J connectivity index is 2.67. The van der Waals surface area contributed by atoms with Gasteiger partial charge in [-0.2, -0.15) is 0 Å². The van der Waals surface area contributed by atoms with Gasteiger partial charge in [0, 0.05) is 13.3 Å². The summed E-state index contributed by atoms with van der Waals surface area (Å²) in [5, 5.41) is 6.06. The largest absolute Gasteiger partial charge is 0.461 e. The molecule has 1 rings (SSSR count). The monoisotopic (exact) mass is 392 g/mol. The fourth-order valence-corrected chi connectivity index (χ4v) is 2.01. The zero-order valence-corrected chi connectivity index (χ0v) is 16.5. The molecular formula is C16H25ClN2O7. The lowest BCUT2D eigenvalue weighted by Gasteiger charge is -2.24. The Hall–Kier alpha value is -2.03. The number of hydrogen-bond donors (Lipinski definition) is 1. The zero-order valence-electron chi connectivity index (χ0n) is 15.7. The van der Waals surface area contributed by atoms with Gasteiger partial charge in [-0.15, -0.1) is 0 Å². The van der Waals surface area contributed by atoms with Gasteiger partial charge in [0.1, 0.15) is 5.17 Å². The summed E-state index contributed by atoms with van der Waals surface area (Å²) in [6, 6.07) is -1.18. The average Bonchev–Trinajstić information content (AvgIpc) is 2.88. The van der Waals surface area contributed by atoms with Crippen LogP contribution in [0.4, 0.5) is 4.79 Å². The second kappa shape index (κ2) is 9.07. The van der Waals surface area contributed by atoms with Crippen LogP contribution >= 0.6 is 11.6 Å². The number of halogens is 1. The van der Waals surface area contributed by atoms with Crippen molar-refractivity contribution in [1.29, 1.82) is 0 Å². The van der Waals surface area contributed by atoms with Crippen LogP contribution in [0.3, 0.4) is 0 Å². The molecule has 10 heteroatoms. The molecular weight excluding hydrogens is 368 g/mol. The van der Waals surface area contributed by atoms with Crippen molar-refractivity contribution in [3.05, 3.63) is 0 Å². The van der Waals surface area contributed by atoms with Crippen LogP contribution in [-0.4, -0.2) is 47.7 Å². The van der Waals surface area contributed by atoms with Gasteiger partial charge in [0.2, 0.25) is 6.29 Å².